The minimum Gasteiger partial charge on any atom is -0.360 e. The zero-order valence-corrected chi connectivity index (χ0v) is 14.3. The number of H-pyrrole nitrogens is 1. The van der Waals surface area contributed by atoms with Crippen molar-refractivity contribution in [3.63, 3.8) is 0 Å². The average molecular weight is 384 g/mol. The Morgan fingerprint density at radius 1 is 1.24 bits per heavy atom. The molecule has 0 spiro atoms. The molecule has 0 unspecified atom stereocenters. The van der Waals surface area contributed by atoms with Crippen LogP contribution in [-0.4, -0.2) is 18.4 Å². The summed E-state index contributed by atoms with van der Waals surface area (Å²) in [5.74, 6) is -2.95. The van der Waals surface area contributed by atoms with Crippen molar-refractivity contribution in [3.05, 3.63) is 52.3 Å². The first kappa shape index (κ1) is 16.3. The Balaban J connectivity index is 1.79. The smallest absolute Gasteiger partial charge is 0.265 e. The largest absolute Gasteiger partial charge is 0.360 e. The zero-order valence-electron chi connectivity index (χ0n) is 12.7. The number of rotatable bonds is 3. The van der Waals surface area contributed by atoms with Crippen LogP contribution >= 0.6 is 11.6 Å². The van der Waals surface area contributed by atoms with Gasteiger partial charge in [0.2, 0.25) is 5.95 Å². The summed E-state index contributed by atoms with van der Waals surface area (Å²) in [4.78, 5) is 6.17. The fourth-order valence-corrected chi connectivity index (χ4v) is 4.49. The zero-order chi connectivity index (χ0) is 17.8. The molecule has 0 atom stereocenters. The van der Waals surface area contributed by atoms with E-state index in [0.29, 0.717) is 11.5 Å². The van der Waals surface area contributed by atoms with Crippen LogP contribution in [0.5, 0.6) is 0 Å². The normalized spacial score (nSPS) is 14.0. The number of pyridine rings is 1. The molecule has 0 amide bonds. The highest BCUT2D eigenvalue weighted by Gasteiger charge is 2.25. The molecular weight excluding hydrogens is 372 g/mol. The van der Waals surface area contributed by atoms with Gasteiger partial charge >= 0.3 is 0 Å². The van der Waals surface area contributed by atoms with Crippen molar-refractivity contribution in [2.45, 2.75) is 24.2 Å². The molecule has 4 rings (SSSR count). The predicted molar refractivity (Wildman–Crippen MR) is 90.3 cm³/mol. The summed E-state index contributed by atoms with van der Waals surface area (Å²) in [5, 5.41) is -0.0221. The van der Waals surface area contributed by atoms with Gasteiger partial charge in [-0.05, 0) is 30.4 Å². The molecule has 1 aromatic carbocycles. The van der Waals surface area contributed by atoms with Crippen molar-refractivity contribution in [3.8, 4) is 0 Å². The Kier molecular flexibility index (Phi) is 3.69. The molecule has 2 heterocycles. The fourth-order valence-electron chi connectivity index (χ4n) is 3.17. The molecule has 0 aliphatic heterocycles. The van der Waals surface area contributed by atoms with E-state index in [1.165, 1.54) is 11.8 Å². The maximum Gasteiger partial charge on any atom is 0.265 e. The van der Waals surface area contributed by atoms with Crippen molar-refractivity contribution >= 4 is 38.3 Å². The average Bonchev–Trinajstić information content (AvgIpc) is 3.18. The van der Waals surface area contributed by atoms with E-state index < -0.39 is 32.6 Å². The summed E-state index contributed by atoms with van der Waals surface area (Å²) >= 11 is 5.43. The lowest BCUT2D eigenvalue weighted by atomic mass is 10.1. The van der Waals surface area contributed by atoms with E-state index in [1.807, 2.05) is 10.8 Å². The van der Waals surface area contributed by atoms with Crippen molar-refractivity contribution < 1.29 is 17.2 Å². The Morgan fingerprint density at radius 2 is 2.04 bits per heavy atom. The number of fused-ring (bicyclic) bond motifs is 3. The highest BCUT2D eigenvalue weighted by atomic mass is 35.5. The van der Waals surface area contributed by atoms with Crippen molar-refractivity contribution in [1.29, 1.82) is 0 Å². The SMILES string of the molecule is O=S(=O)(Nc1nc(F)c(Cl)cc1F)c1c[nH]c2c3c(ccc12)CCC3. The van der Waals surface area contributed by atoms with Crippen LogP contribution in [0, 0.1) is 11.8 Å². The third-order valence-electron chi connectivity index (χ3n) is 4.30. The Bertz CT molecular complexity index is 1110. The lowest BCUT2D eigenvalue weighted by Crippen LogP contribution is -2.15. The molecule has 2 N–H and O–H groups in total. The van der Waals surface area contributed by atoms with Gasteiger partial charge in [-0.2, -0.15) is 9.37 Å². The highest BCUT2D eigenvalue weighted by molar-refractivity contribution is 7.93. The van der Waals surface area contributed by atoms with Gasteiger partial charge in [-0.3, -0.25) is 4.72 Å². The number of aryl methyl sites for hydroxylation is 2. The summed E-state index contributed by atoms with van der Waals surface area (Å²) in [7, 11) is -4.16. The van der Waals surface area contributed by atoms with Crippen LogP contribution in [0.15, 0.2) is 29.3 Å². The third-order valence-corrected chi connectivity index (χ3v) is 5.95. The number of sulfonamides is 1. The van der Waals surface area contributed by atoms with Gasteiger partial charge < -0.3 is 4.98 Å². The molecule has 5 nitrogen and oxygen atoms in total. The molecule has 2 aromatic heterocycles. The Labute approximate surface area is 147 Å². The van der Waals surface area contributed by atoms with E-state index in [9.17, 15) is 17.2 Å². The summed E-state index contributed by atoms with van der Waals surface area (Å²) in [6.07, 6.45) is 4.20. The van der Waals surface area contributed by atoms with Crippen LogP contribution < -0.4 is 4.72 Å². The highest BCUT2D eigenvalue weighted by Crippen LogP contribution is 2.33. The molecule has 130 valence electrons. The van der Waals surface area contributed by atoms with Crippen LogP contribution in [-0.2, 0) is 22.9 Å². The van der Waals surface area contributed by atoms with Gasteiger partial charge in [0.1, 0.15) is 4.90 Å². The maximum absolute atomic E-state index is 13.8. The number of benzene rings is 1. The van der Waals surface area contributed by atoms with Crippen LogP contribution in [0.1, 0.15) is 17.5 Å². The van der Waals surface area contributed by atoms with Gasteiger partial charge in [0.05, 0.1) is 10.5 Å². The summed E-state index contributed by atoms with van der Waals surface area (Å²) in [5.41, 5.74) is 3.05. The van der Waals surface area contributed by atoms with Gasteiger partial charge in [0, 0.05) is 17.6 Å². The quantitative estimate of drug-likeness (QED) is 0.676. The van der Waals surface area contributed by atoms with Crippen LogP contribution in [0.4, 0.5) is 14.6 Å². The maximum atomic E-state index is 13.8. The van der Waals surface area contributed by atoms with Crippen LogP contribution in [0.3, 0.4) is 0 Å². The van der Waals surface area contributed by atoms with Crippen molar-refractivity contribution in [1.82, 2.24) is 9.97 Å². The third kappa shape index (κ3) is 2.65. The molecule has 3 aromatic rings. The van der Waals surface area contributed by atoms with E-state index in [1.54, 1.807) is 6.07 Å². The van der Waals surface area contributed by atoms with Gasteiger partial charge in [-0.1, -0.05) is 23.7 Å². The minimum absolute atomic E-state index is 0.0474. The summed E-state index contributed by atoms with van der Waals surface area (Å²) in [6.45, 7) is 0. The van der Waals surface area contributed by atoms with Crippen LogP contribution in [0.25, 0.3) is 10.9 Å². The molecule has 9 heteroatoms. The monoisotopic (exact) mass is 383 g/mol. The predicted octanol–water partition coefficient (Wildman–Crippen LogP) is 3.78. The number of aromatic amines is 1. The first-order chi connectivity index (χ1) is 11.9. The number of hydrogen-bond donors (Lipinski definition) is 2. The Hall–Kier alpha value is -2.19. The second-order valence-electron chi connectivity index (χ2n) is 5.83. The van der Waals surface area contributed by atoms with Crippen LogP contribution in [0.2, 0.25) is 5.02 Å². The molecule has 0 bridgehead atoms. The van der Waals surface area contributed by atoms with Gasteiger partial charge in [-0.25, -0.2) is 12.8 Å². The molecule has 25 heavy (non-hydrogen) atoms. The second kappa shape index (κ2) is 5.67. The number of anilines is 1. The van der Waals surface area contributed by atoms with Crippen molar-refractivity contribution in [2.24, 2.45) is 0 Å². The van der Waals surface area contributed by atoms with Gasteiger partial charge in [0.15, 0.2) is 11.6 Å². The van der Waals surface area contributed by atoms with Gasteiger partial charge in [-0.15, -0.1) is 0 Å². The number of nitrogens with one attached hydrogen (secondary N) is 2. The molecule has 0 radical (unpaired) electrons. The number of nitrogens with zero attached hydrogens (tertiary/aromatic N) is 1. The lowest BCUT2D eigenvalue weighted by molar-refractivity contribution is 0.564. The first-order valence-corrected chi connectivity index (χ1v) is 9.39. The summed E-state index contributed by atoms with van der Waals surface area (Å²) in [6, 6.07) is 4.29. The number of aromatic nitrogens is 2. The van der Waals surface area contributed by atoms with Crippen molar-refractivity contribution in [2.75, 3.05) is 4.72 Å². The summed E-state index contributed by atoms with van der Waals surface area (Å²) < 4.78 is 54.5. The lowest BCUT2D eigenvalue weighted by Gasteiger charge is -2.08. The first-order valence-electron chi connectivity index (χ1n) is 7.53. The molecular formula is C16H12ClF2N3O2S. The Morgan fingerprint density at radius 3 is 2.84 bits per heavy atom. The topological polar surface area (TPSA) is 74.8 Å². The molecule has 1 aliphatic rings. The van der Waals surface area contributed by atoms with Gasteiger partial charge in [0.25, 0.3) is 10.0 Å². The fraction of sp³-hybridized carbons (Fsp3) is 0.188. The molecule has 0 saturated heterocycles. The number of halogens is 3. The van der Waals surface area contributed by atoms with E-state index in [2.05, 4.69) is 9.97 Å². The van der Waals surface area contributed by atoms with E-state index in [4.69, 9.17) is 11.6 Å². The van der Waals surface area contributed by atoms with E-state index in [-0.39, 0.29) is 4.90 Å². The van der Waals surface area contributed by atoms with E-state index in [0.717, 1.165) is 30.3 Å². The second-order valence-corrected chi connectivity index (χ2v) is 7.89. The molecule has 0 saturated carbocycles. The number of hydrogen-bond acceptors (Lipinski definition) is 3. The minimum atomic E-state index is -4.16. The standard InChI is InChI=1S/C16H12ClF2N3O2S/c17-11-6-12(18)16(21-15(11)19)22-25(23,24)13-7-20-14-9-3-1-2-8(9)4-5-10(13)14/h4-7,20H,1-3H2,(H,21,22). The van der Waals surface area contributed by atoms with E-state index >= 15 is 0 Å². The molecule has 0 fully saturated rings. The molecule has 1 aliphatic carbocycles.